The molecule has 0 aliphatic heterocycles. The minimum atomic E-state index is -0.812. The molecule has 3 rings (SSSR count). The fraction of sp³-hybridized carbons (Fsp3) is 0.318. The summed E-state index contributed by atoms with van der Waals surface area (Å²) in [6.07, 6.45) is 3.00. The Labute approximate surface area is 179 Å². The van der Waals surface area contributed by atoms with Gasteiger partial charge in [-0.15, -0.1) is 0 Å². The zero-order valence-corrected chi connectivity index (χ0v) is 17.6. The van der Waals surface area contributed by atoms with Crippen molar-refractivity contribution < 1.29 is 9.59 Å². The molecular weight excluding hydrogens is 396 g/mol. The molecule has 1 aromatic carbocycles. The van der Waals surface area contributed by atoms with Gasteiger partial charge in [-0.2, -0.15) is 9.78 Å². The maximum Gasteiger partial charge on any atom is 0.314 e. The summed E-state index contributed by atoms with van der Waals surface area (Å²) in [5.74, 6) is -1.12. The van der Waals surface area contributed by atoms with E-state index in [4.69, 9.17) is 0 Å². The van der Waals surface area contributed by atoms with Crippen molar-refractivity contribution in [2.45, 2.75) is 39.5 Å². The fourth-order valence-corrected chi connectivity index (χ4v) is 3.12. The van der Waals surface area contributed by atoms with Crippen molar-refractivity contribution in [3.63, 3.8) is 0 Å². The molecule has 0 saturated carbocycles. The van der Waals surface area contributed by atoms with Gasteiger partial charge < -0.3 is 10.6 Å². The first-order valence-corrected chi connectivity index (χ1v) is 10.3. The van der Waals surface area contributed by atoms with Gasteiger partial charge in [0.2, 0.25) is 5.95 Å². The van der Waals surface area contributed by atoms with E-state index in [0.29, 0.717) is 24.4 Å². The number of aryl methyl sites for hydroxylation is 3. The minimum Gasteiger partial charge on any atom is -0.348 e. The van der Waals surface area contributed by atoms with Crippen LogP contribution in [0.2, 0.25) is 0 Å². The lowest BCUT2D eigenvalue weighted by atomic mass is 10.1. The van der Waals surface area contributed by atoms with Crippen LogP contribution in [0.25, 0.3) is 5.95 Å². The molecule has 0 saturated heterocycles. The van der Waals surface area contributed by atoms with E-state index in [1.165, 1.54) is 16.3 Å². The number of hydrogen-bond donors (Lipinski definition) is 3. The van der Waals surface area contributed by atoms with Gasteiger partial charge >= 0.3 is 11.8 Å². The predicted molar refractivity (Wildman–Crippen MR) is 117 cm³/mol. The molecular formula is C22H26N6O3. The van der Waals surface area contributed by atoms with Gasteiger partial charge in [0.15, 0.2) is 0 Å². The molecule has 0 aliphatic carbocycles. The molecule has 2 heterocycles. The van der Waals surface area contributed by atoms with Crippen LogP contribution in [0.15, 0.2) is 47.3 Å². The molecule has 0 unspecified atom stereocenters. The standard InChI is InChI=1S/C22H26N6O3/c1-3-8-17-14-19(29)26-22(24-17)28-18(13-15(2)27-28)25-21(31)20(30)23-12-7-11-16-9-5-4-6-10-16/h4-6,9-10,13-14H,3,7-8,11-12H2,1-2H3,(H,23,30)(H,25,31)(H,24,26,29). The van der Waals surface area contributed by atoms with Gasteiger partial charge in [0.1, 0.15) is 5.82 Å². The normalized spacial score (nSPS) is 10.6. The summed E-state index contributed by atoms with van der Waals surface area (Å²) in [6.45, 7) is 4.11. The van der Waals surface area contributed by atoms with E-state index in [2.05, 4.69) is 25.7 Å². The van der Waals surface area contributed by atoms with E-state index < -0.39 is 11.8 Å². The van der Waals surface area contributed by atoms with Crippen molar-refractivity contribution in [3.8, 4) is 5.95 Å². The van der Waals surface area contributed by atoms with E-state index >= 15 is 0 Å². The van der Waals surface area contributed by atoms with Gasteiger partial charge in [-0.25, -0.2) is 4.98 Å². The molecule has 3 N–H and O–H groups in total. The number of amides is 2. The average Bonchev–Trinajstić information content (AvgIpc) is 3.11. The van der Waals surface area contributed by atoms with Crippen molar-refractivity contribution in [1.82, 2.24) is 25.1 Å². The van der Waals surface area contributed by atoms with Crippen molar-refractivity contribution in [3.05, 3.63) is 69.8 Å². The van der Waals surface area contributed by atoms with Gasteiger partial charge in [-0.3, -0.25) is 19.4 Å². The molecule has 0 atom stereocenters. The van der Waals surface area contributed by atoms with Crippen LogP contribution in [0.4, 0.5) is 5.82 Å². The summed E-state index contributed by atoms with van der Waals surface area (Å²) >= 11 is 0. The number of nitrogens with one attached hydrogen (secondary N) is 3. The molecule has 0 fully saturated rings. The molecule has 0 spiro atoms. The predicted octanol–water partition coefficient (Wildman–Crippen LogP) is 1.90. The lowest BCUT2D eigenvalue weighted by Gasteiger charge is -2.09. The maximum absolute atomic E-state index is 12.3. The van der Waals surface area contributed by atoms with Gasteiger partial charge in [0.25, 0.3) is 5.56 Å². The van der Waals surface area contributed by atoms with Crippen molar-refractivity contribution >= 4 is 17.6 Å². The Bertz CT molecular complexity index is 1100. The second kappa shape index (κ2) is 10.3. The van der Waals surface area contributed by atoms with Crippen molar-refractivity contribution in [1.29, 1.82) is 0 Å². The Morgan fingerprint density at radius 3 is 2.61 bits per heavy atom. The number of carbonyl (C=O) groups excluding carboxylic acids is 2. The van der Waals surface area contributed by atoms with Crippen LogP contribution < -0.4 is 16.2 Å². The zero-order valence-electron chi connectivity index (χ0n) is 17.6. The number of carbonyl (C=O) groups is 2. The molecule has 0 aliphatic rings. The number of rotatable bonds is 8. The van der Waals surface area contributed by atoms with Crippen LogP contribution in [0.5, 0.6) is 0 Å². The lowest BCUT2D eigenvalue weighted by Crippen LogP contribution is -2.36. The van der Waals surface area contributed by atoms with Crippen molar-refractivity contribution in [2.24, 2.45) is 0 Å². The number of H-pyrrole nitrogens is 1. The molecule has 2 amide bonds. The minimum absolute atomic E-state index is 0.183. The van der Waals surface area contributed by atoms with Gasteiger partial charge in [-0.1, -0.05) is 43.7 Å². The van der Waals surface area contributed by atoms with Crippen LogP contribution in [0.3, 0.4) is 0 Å². The summed E-state index contributed by atoms with van der Waals surface area (Å²) in [4.78, 5) is 43.5. The number of benzene rings is 1. The Kier molecular flexibility index (Phi) is 7.31. The first-order valence-electron chi connectivity index (χ1n) is 10.3. The Balaban J connectivity index is 1.63. The van der Waals surface area contributed by atoms with E-state index in [1.54, 1.807) is 13.0 Å². The van der Waals surface area contributed by atoms with Crippen LogP contribution in [-0.4, -0.2) is 38.1 Å². The smallest absolute Gasteiger partial charge is 0.314 e. The maximum atomic E-state index is 12.3. The van der Waals surface area contributed by atoms with Gasteiger partial charge in [0, 0.05) is 24.4 Å². The summed E-state index contributed by atoms with van der Waals surface area (Å²) < 4.78 is 1.32. The largest absolute Gasteiger partial charge is 0.348 e. The highest BCUT2D eigenvalue weighted by molar-refractivity contribution is 6.39. The van der Waals surface area contributed by atoms with Crippen LogP contribution >= 0.6 is 0 Å². The molecule has 3 aromatic rings. The Morgan fingerprint density at radius 2 is 1.87 bits per heavy atom. The third-order valence-corrected chi connectivity index (χ3v) is 4.54. The topological polar surface area (TPSA) is 122 Å². The number of anilines is 1. The second-order valence-electron chi connectivity index (χ2n) is 7.19. The van der Waals surface area contributed by atoms with Gasteiger partial charge in [-0.05, 0) is 31.7 Å². The summed E-state index contributed by atoms with van der Waals surface area (Å²) in [7, 11) is 0. The number of nitrogens with zero attached hydrogens (tertiary/aromatic N) is 3. The monoisotopic (exact) mass is 422 g/mol. The molecule has 31 heavy (non-hydrogen) atoms. The summed E-state index contributed by atoms with van der Waals surface area (Å²) in [5, 5.41) is 9.45. The molecule has 2 aromatic heterocycles. The molecule has 0 bridgehead atoms. The van der Waals surface area contributed by atoms with Crippen LogP contribution in [0.1, 0.15) is 36.7 Å². The van der Waals surface area contributed by atoms with Crippen LogP contribution in [0, 0.1) is 6.92 Å². The first kappa shape index (κ1) is 21.9. The number of aromatic amines is 1. The van der Waals surface area contributed by atoms with Gasteiger partial charge in [0.05, 0.1) is 5.69 Å². The van der Waals surface area contributed by atoms with Crippen molar-refractivity contribution in [2.75, 3.05) is 11.9 Å². The fourth-order valence-electron chi connectivity index (χ4n) is 3.12. The highest BCUT2D eigenvalue weighted by atomic mass is 16.2. The first-order chi connectivity index (χ1) is 15.0. The third kappa shape index (κ3) is 6.11. The SMILES string of the molecule is CCCc1cc(=O)[nH]c(-n2nc(C)cc2NC(=O)C(=O)NCCCc2ccccc2)n1. The highest BCUT2D eigenvalue weighted by Gasteiger charge is 2.18. The Hall–Kier alpha value is -3.75. The molecule has 9 heteroatoms. The summed E-state index contributed by atoms with van der Waals surface area (Å²) in [5.41, 5.74) is 2.09. The van der Waals surface area contributed by atoms with Crippen LogP contribution in [-0.2, 0) is 22.4 Å². The van der Waals surface area contributed by atoms with E-state index in [-0.39, 0.29) is 17.3 Å². The van der Waals surface area contributed by atoms with E-state index in [0.717, 1.165) is 19.3 Å². The third-order valence-electron chi connectivity index (χ3n) is 4.54. The number of aromatic nitrogens is 4. The van der Waals surface area contributed by atoms with E-state index in [9.17, 15) is 14.4 Å². The number of hydrogen-bond acceptors (Lipinski definition) is 5. The van der Waals surface area contributed by atoms with E-state index in [1.807, 2.05) is 37.3 Å². The quantitative estimate of drug-likeness (QED) is 0.378. The molecule has 162 valence electrons. The molecule has 9 nitrogen and oxygen atoms in total. The second-order valence-corrected chi connectivity index (χ2v) is 7.19. The summed E-state index contributed by atoms with van der Waals surface area (Å²) in [6, 6.07) is 13.0. The zero-order chi connectivity index (χ0) is 22.2. The molecule has 0 radical (unpaired) electrons. The lowest BCUT2D eigenvalue weighted by molar-refractivity contribution is -0.136. The highest BCUT2D eigenvalue weighted by Crippen LogP contribution is 2.14. The average molecular weight is 422 g/mol. The Morgan fingerprint density at radius 1 is 1.10 bits per heavy atom.